The first-order valence-electron chi connectivity index (χ1n) is 14.3. The van der Waals surface area contributed by atoms with Gasteiger partial charge in [-0.3, -0.25) is 0 Å². The maximum atomic E-state index is 12.2. The quantitative estimate of drug-likeness (QED) is 0.198. The average molecular weight is 535 g/mol. The molecule has 4 atom stereocenters. The number of aryl methyl sites for hydroxylation is 1. The Kier molecular flexibility index (Phi) is 9.04. The summed E-state index contributed by atoms with van der Waals surface area (Å²) in [4.78, 5) is 24.4. The first-order chi connectivity index (χ1) is 18.7. The molecule has 4 unspecified atom stereocenters. The van der Waals surface area contributed by atoms with Gasteiger partial charge in [0.1, 0.15) is 36.9 Å². The summed E-state index contributed by atoms with van der Waals surface area (Å²) in [5.41, 5.74) is 4.42. The molecule has 2 aromatic rings. The second kappa shape index (κ2) is 12.3. The lowest BCUT2D eigenvalue weighted by Crippen LogP contribution is -2.26. The Labute approximate surface area is 232 Å². The topological polar surface area (TPSA) is 71.1 Å². The van der Waals surface area contributed by atoms with Crippen LogP contribution in [0, 0.1) is 0 Å². The normalized spacial score (nSPS) is 18.8. The van der Waals surface area contributed by atoms with E-state index < -0.39 is 11.9 Å². The molecular formula is C33H42O6. The van der Waals surface area contributed by atoms with Crippen LogP contribution in [0.25, 0.3) is 10.8 Å². The van der Waals surface area contributed by atoms with E-state index in [-0.39, 0.29) is 25.4 Å². The number of ether oxygens (including phenoxy) is 4. The second-order valence-electron chi connectivity index (χ2n) is 10.9. The summed E-state index contributed by atoms with van der Waals surface area (Å²) in [7, 11) is 0. The van der Waals surface area contributed by atoms with Crippen LogP contribution in [-0.2, 0) is 25.5 Å². The molecule has 2 aliphatic carbocycles. The molecule has 2 aliphatic rings. The Balaban J connectivity index is 1.75. The maximum Gasteiger partial charge on any atom is 0.333 e. The molecule has 2 bridgehead atoms. The van der Waals surface area contributed by atoms with Gasteiger partial charge in [-0.2, -0.15) is 0 Å². The molecule has 0 N–H and O–H groups in total. The third-order valence-corrected chi connectivity index (χ3v) is 8.01. The van der Waals surface area contributed by atoms with Gasteiger partial charge in [0.15, 0.2) is 0 Å². The third-order valence-electron chi connectivity index (χ3n) is 8.01. The Morgan fingerprint density at radius 3 is 1.85 bits per heavy atom. The number of carbonyl (C=O) groups excluding carboxylic acids is 2. The van der Waals surface area contributed by atoms with Crippen LogP contribution >= 0.6 is 0 Å². The van der Waals surface area contributed by atoms with Crippen molar-refractivity contribution in [3.8, 4) is 11.5 Å². The van der Waals surface area contributed by atoms with Crippen molar-refractivity contribution in [3.63, 3.8) is 0 Å². The molecular weight excluding hydrogens is 492 g/mol. The molecule has 1 fully saturated rings. The van der Waals surface area contributed by atoms with Gasteiger partial charge in [-0.25, -0.2) is 9.59 Å². The molecule has 210 valence electrons. The van der Waals surface area contributed by atoms with Gasteiger partial charge in [-0.05, 0) is 69.8 Å². The van der Waals surface area contributed by atoms with Crippen molar-refractivity contribution in [2.45, 2.75) is 97.2 Å². The number of esters is 2. The molecule has 6 nitrogen and oxygen atoms in total. The first-order valence-corrected chi connectivity index (χ1v) is 14.3. The van der Waals surface area contributed by atoms with E-state index in [1.807, 2.05) is 13.8 Å². The van der Waals surface area contributed by atoms with E-state index in [9.17, 15) is 9.59 Å². The summed E-state index contributed by atoms with van der Waals surface area (Å²) in [6.07, 6.45) is 4.75. The van der Waals surface area contributed by atoms with E-state index in [1.165, 1.54) is 16.7 Å². The lowest BCUT2D eigenvalue weighted by atomic mass is 9.85. The predicted octanol–water partition coefficient (Wildman–Crippen LogP) is 7.32. The molecule has 0 aliphatic heterocycles. The SMILES string of the molecule is C=C(C)C(=O)OC(CC)COc1c2c(c(OCC(CC)OC(=O)C(=C)C)c3c(CC)cccc13)C1CCC2C1. The zero-order chi connectivity index (χ0) is 28.3. The van der Waals surface area contributed by atoms with Crippen LogP contribution in [0.1, 0.15) is 95.2 Å². The standard InChI is InChI=1S/C33H42O6/c1-8-21-12-11-13-26-27(21)31(37-18-25(10-3)39-33(35)20(6)7)29-23-15-14-22(16-23)28(29)30(26)36-17-24(9-2)38-32(34)19(4)5/h11-13,22-25H,4,6,8-10,14-18H2,1-3,5,7H3. The lowest BCUT2D eigenvalue weighted by molar-refractivity contribution is -0.146. The Bertz CT molecular complexity index is 1270. The van der Waals surface area contributed by atoms with Crippen LogP contribution in [-0.4, -0.2) is 37.4 Å². The molecule has 1 saturated carbocycles. The predicted molar refractivity (Wildman–Crippen MR) is 154 cm³/mol. The summed E-state index contributed by atoms with van der Waals surface area (Å²) >= 11 is 0. The molecule has 0 radical (unpaired) electrons. The summed E-state index contributed by atoms with van der Waals surface area (Å²) in [5.74, 6) is 1.84. The lowest BCUT2D eigenvalue weighted by Gasteiger charge is -2.28. The number of hydrogen-bond donors (Lipinski definition) is 0. The molecule has 0 heterocycles. The van der Waals surface area contributed by atoms with E-state index in [0.717, 1.165) is 48.0 Å². The fourth-order valence-corrected chi connectivity index (χ4v) is 5.83. The number of rotatable bonds is 13. The van der Waals surface area contributed by atoms with Crippen molar-refractivity contribution in [3.05, 3.63) is 59.2 Å². The van der Waals surface area contributed by atoms with Gasteiger partial charge in [0, 0.05) is 33.0 Å². The fourth-order valence-electron chi connectivity index (χ4n) is 5.83. The van der Waals surface area contributed by atoms with Crippen LogP contribution in [0.3, 0.4) is 0 Å². The number of fused-ring (bicyclic) bond motifs is 6. The van der Waals surface area contributed by atoms with Gasteiger partial charge in [0.25, 0.3) is 0 Å². The van der Waals surface area contributed by atoms with Crippen LogP contribution in [0.2, 0.25) is 0 Å². The highest BCUT2D eigenvalue weighted by Gasteiger charge is 2.43. The smallest absolute Gasteiger partial charge is 0.333 e. The van der Waals surface area contributed by atoms with Gasteiger partial charge >= 0.3 is 11.9 Å². The van der Waals surface area contributed by atoms with E-state index >= 15 is 0 Å². The number of benzene rings is 2. The van der Waals surface area contributed by atoms with E-state index in [0.29, 0.717) is 35.8 Å². The fraction of sp³-hybridized carbons (Fsp3) is 0.515. The minimum atomic E-state index is -0.394. The third kappa shape index (κ3) is 5.85. The van der Waals surface area contributed by atoms with Crippen LogP contribution < -0.4 is 9.47 Å². The van der Waals surface area contributed by atoms with Crippen molar-refractivity contribution < 1.29 is 28.5 Å². The molecule has 2 aromatic carbocycles. The molecule has 0 spiro atoms. The zero-order valence-electron chi connectivity index (χ0n) is 24.1. The summed E-state index contributed by atoms with van der Waals surface area (Å²) in [6.45, 7) is 17.4. The first kappa shape index (κ1) is 28.7. The highest BCUT2D eigenvalue weighted by atomic mass is 16.6. The molecule has 39 heavy (non-hydrogen) atoms. The van der Waals surface area contributed by atoms with Crippen molar-refractivity contribution in [1.29, 1.82) is 0 Å². The molecule has 0 saturated heterocycles. The maximum absolute atomic E-state index is 12.2. The number of hydrogen-bond acceptors (Lipinski definition) is 6. The summed E-state index contributed by atoms with van der Waals surface area (Å²) in [5, 5.41) is 2.08. The van der Waals surface area contributed by atoms with Crippen LogP contribution in [0.5, 0.6) is 11.5 Å². The van der Waals surface area contributed by atoms with Crippen molar-refractivity contribution in [2.24, 2.45) is 0 Å². The summed E-state index contributed by atoms with van der Waals surface area (Å²) in [6, 6.07) is 6.31. The Morgan fingerprint density at radius 2 is 1.36 bits per heavy atom. The highest BCUT2D eigenvalue weighted by Crippen LogP contribution is 2.61. The van der Waals surface area contributed by atoms with Crippen molar-refractivity contribution in [2.75, 3.05) is 13.2 Å². The van der Waals surface area contributed by atoms with E-state index in [4.69, 9.17) is 18.9 Å². The molecule has 0 amide bonds. The van der Waals surface area contributed by atoms with Gasteiger partial charge in [0.2, 0.25) is 0 Å². The van der Waals surface area contributed by atoms with Gasteiger partial charge in [0.05, 0.1) is 0 Å². The molecule has 0 aromatic heterocycles. The number of carbonyl (C=O) groups is 2. The van der Waals surface area contributed by atoms with Crippen molar-refractivity contribution in [1.82, 2.24) is 0 Å². The van der Waals surface area contributed by atoms with E-state index in [1.54, 1.807) is 13.8 Å². The van der Waals surface area contributed by atoms with Gasteiger partial charge in [-0.1, -0.05) is 52.1 Å². The highest BCUT2D eigenvalue weighted by molar-refractivity contribution is 5.99. The minimum absolute atomic E-state index is 0.278. The zero-order valence-corrected chi connectivity index (χ0v) is 24.1. The monoisotopic (exact) mass is 534 g/mol. The second-order valence-corrected chi connectivity index (χ2v) is 10.9. The summed E-state index contributed by atoms with van der Waals surface area (Å²) < 4.78 is 24.5. The molecule has 4 rings (SSSR count). The van der Waals surface area contributed by atoms with Gasteiger partial charge in [-0.15, -0.1) is 0 Å². The Hall–Kier alpha value is -3.28. The largest absolute Gasteiger partial charge is 0.489 e. The molecule has 6 heteroatoms. The van der Waals surface area contributed by atoms with Crippen molar-refractivity contribution >= 4 is 22.7 Å². The minimum Gasteiger partial charge on any atom is -0.489 e. The van der Waals surface area contributed by atoms with Gasteiger partial charge < -0.3 is 18.9 Å². The Morgan fingerprint density at radius 1 is 0.846 bits per heavy atom. The van der Waals surface area contributed by atoms with Crippen LogP contribution in [0.4, 0.5) is 0 Å². The van der Waals surface area contributed by atoms with Crippen LogP contribution in [0.15, 0.2) is 42.5 Å². The van der Waals surface area contributed by atoms with E-state index in [2.05, 4.69) is 38.3 Å². The average Bonchev–Trinajstić information content (AvgIpc) is 3.55.